The zero-order chi connectivity index (χ0) is 7.52. The zero-order valence-corrected chi connectivity index (χ0v) is 8.26. The maximum absolute atomic E-state index is 5.93. The molecule has 0 N–H and O–H groups in total. The molecule has 1 nitrogen and oxygen atoms in total. The van der Waals surface area contributed by atoms with Crippen LogP contribution in [0.25, 0.3) is 0 Å². The molecule has 64 valence electrons. The molecule has 0 saturated carbocycles. The van der Waals surface area contributed by atoms with Gasteiger partial charge in [0.15, 0.2) is 0 Å². The maximum atomic E-state index is 5.93. The lowest BCUT2D eigenvalue weighted by atomic mass is 10.3. The van der Waals surface area contributed by atoms with E-state index in [1.165, 1.54) is 35.9 Å². The lowest BCUT2D eigenvalue weighted by Crippen LogP contribution is -2.21. The Kier molecular flexibility index (Phi) is 3.05. The average molecular weight is 190 g/mol. The van der Waals surface area contributed by atoms with E-state index in [4.69, 9.17) is 4.74 Å². The van der Waals surface area contributed by atoms with Gasteiger partial charge >= 0.3 is 0 Å². The van der Waals surface area contributed by atoms with Crippen molar-refractivity contribution in [2.75, 3.05) is 23.0 Å². The summed E-state index contributed by atoms with van der Waals surface area (Å²) in [4.78, 5) is 0. The first-order valence-corrected chi connectivity index (χ1v) is 6.57. The fraction of sp³-hybridized carbons (Fsp3) is 1.00. The third kappa shape index (κ3) is 2.30. The van der Waals surface area contributed by atoms with E-state index in [-0.39, 0.29) is 0 Å². The lowest BCUT2D eigenvalue weighted by Gasteiger charge is -2.15. The van der Waals surface area contributed by atoms with Crippen molar-refractivity contribution in [1.82, 2.24) is 0 Å². The van der Waals surface area contributed by atoms with Crippen LogP contribution >= 0.6 is 23.5 Å². The Morgan fingerprint density at radius 1 is 0.909 bits per heavy atom. The van der Waals surface area contributed by atoms with Crippen LogP contribution in [0.15, 0.2) is 0 Å². The molecule has 2 saturated heterocycles. The predicted molar refractivity (Wildman–Crippen MR) is 52.5 cm³/mol. The Balaban J connectivity index is 1.71. The van der Waals surface area contributed by atoms with Crippen LogP contribution in [0.5, 0.6) is 0 Å². The van der Waals surface area contributed by atoms with E-state index in [9.17, 15) is 0 Å². The van der Waals surface area contributed by atoms with Gasteiger partial charge in [-0.05, 0) is 24.3 Å². The molecule has 2 atom stereocenters. The van der Waals surface area contributed by atoms with E-state index in [1.54, 1.807) is 0 Å². The van der Waals surface area contributed by atoms with Crippen molar-refractivity contribution in [3.8, 4) is 0 Å². The molecule has 0 aromatic rings. The van der Waals surface area contributed by atoms with Gasteiger partial charge in [-0.3, -0.25) is 0 Å². The highest BCUT2D eigenvalue weighted by molar-refractivity contribution is 7.99. The molecular formula is C8H14OS2. The van der Waals surface area contributed by atoms with E-state index in [0.29, 0.717) is 12.2 Å². The van der Waals surface area contributed by atoms with E-state index in [2.05, 4.69) is 0 Å². The van der Waals surface area contributed by atoms with Crippen molar-refractivity contribution in [2.24, 2.45) is 0 Å². The number of hydrogen-bond acceptors (Lipinski definition) is 3. The number of rotatable bonds is 2. The van der Waals surface area contributed by atoms with Gasteiger partial charge in [-0.15, -0.1) is 0 Å². The van der Waals surface area contributed by atoms with Crippen LogP contribution in [0.4, 0.5) is 0 Å². The summed E-state index contributed by atoms with van der Waals surface area (Å²) >= 11 is 4.07. The summed E-state index contributed by atoms with van der Waals surface area (Å²) in [5.74, 6) is 5.09. The lowest BCUT2D eigenvalue weighted by molar-refractivity contribution is 0.0176. The minimum atomic E-state index is 0.587. The molecule has 2 fully saturated rings. The number of ether oxygens (including phenoxy) is 1. The molecule has 2 unspecified atom stereocenters. The Morgan fingerprint density at radius 3 is 1.82 bits per heavy atom. The van der Waals surface area contributed by atoms with E-state index >= 15 is 0 Å². The van der Waals surface area contributed by atoms with Crippen LogP contribution in [0.1, 0.15) is 12.8 Å². The number of hydrogen-bond donors (Lipinski definition) is 0. The van der Waals surface area contributed by atoms with Crippen molar-refractivity contribution in [3.63, 3.8) is 0 Å². The Hall–Kier alpha value is 0.660. The minimum Gasteiger partial charge on any atom is -0.373 e. The molecule has 2 aliphatic rings. The summed E-state index contributed by atoms with van der Waals surface area (Å²) in [5, 5.41) is 0. The van der Waals surface area contributed by atoms with Gasteiger partial charge in [-0.2, -0.15) is 23.5 Å². The van der Waals surface area contributed by atoms with Crippen LogP contribution in [-0.4, -0.2) is 35.2 Å². The molecular weight excluding hydrogens is 176 g/mol. The predicted octanol–water partition coefficient (Wildman–Crippen LogP) is 2.01. The van der Waals surface area contributed by atoms with Crippen LogP contribution in [0.2, 0.25) is 0 Å². The van der Waals surface area contributed by atoms with Gasteiger partial charge in [-0.25, -0.2) is 0 Å². The number of thioether (sulfide) groups is 2. The van der Waals surface area contributed by atoms with Crippen molar-refractivity contribution in [1.29, 1.82) is 0 Å². The van der Waals surface area contributed by atoms with E-state index in [1.807, 2.05) is 23.5 Å². The zero-order valence-electron chi connectivity index (χ0n) is 6.62. The van der Waals surface area contributed by atoms with Crippen LogP contribution in [-0.2, 0) is 4.74 Å². The van der Waals surface area contributed by atoms with E-state index in [0.717, 1.165) is 0 Å². The van der Waals surface area contributed by atoms with Crippen LogP contribution < -0.4 is 0 Å². The Morgan fingerprint density at radius 2 is 1.45 bits per heavy atom. The summed E-state index contributed by atoms with van der Waals surface area (Å²) in [6.45, 7) is 0. The molecule has 2 rings (SSSR count). The monoisotopic (exact) mass is 190 g/mol. The molecule has 0 radical (unpaired) electrons. The Labute approximate surface area is 76.6 Å². The molecule has 0 spiro atoms. The molecule has 0 bridgehead atoms. The van der Waals surface area contributed by atoms with Gasteiger partial charge in [0.1, 0.15) is 0 Å². The first-order chi connectivity index (χ1) is 5.45. The van der Waals surface area contributed by atoms with Gasteiger partial charge in [0.25, 0.3) is 0 Å². The van der Waals surface area contributed by atoms with Crippen LogP contribution in [0.3, 0.4) is 0 Å². The molecule has 11 heavy (non-hydrogen) atoms. The third-order valence-corrected chi connectivity index (χ3v) is 4.42. The molecule has 0 amide bonds. The van der Waals surface area contributed by atoms with Gasteiger partial charge in [0.2, 0.25) is 0 Å². The van der Waals surface area contributed by atoms with Crippen molar-refractivity contribution in [2.45, 2.75) is 25.0 Å². The third-order valence-electron chi connectivity index (χ3n) is 2.16. The van der Waals surface area contributed by atoms with Crippen LogP contribution in [0, 0.1) is 0 Å². The summed E-state index contributed by atoms with van der Waals surface area (Å²) in [5.41, 5.74) is 0. The highest BCUT2D eigenvalue weighted by atomic mass is 32.2. The molecule has 3 heteroatoms. The van der Waals surface area contributed by atoms with Gasteiger partial charge in [-0.1, -0.05) is 0 Å². The van der Waals surface area contributed by atoms with Gasteiger partial charge in [0.05, 0.1) is 12.2 Å². The fourth-order valence-electron chi connectivity index (χ4n) is 1.51. The van der Waals surface area contributed by atoms with Gasteiger partial charge in [0, 0.05) is 11.5 Å². The molecule has 0 aliphatic carbocycles. The standard InChI is InChI=1S/C8H14OS2/c1-3-10-5-7(1)9-8-2-4-11-6-8/h7-8H,1-6H2. The molecule has 2 heterocycles. The second kappa shape index (κ2) is 4.06. The highest BCUT2D eigenvalue weighted by Gasteiger charge is 2.23. The molecule has 2 aliphatic heterocycles. The summed E-state index contributed by atoms with van der Waals surface area (Å²) in [6, 6.07) is 0. The summed E-state index contributed by atoms with van der Waals surface area (Å²) in [6.07, 6.45) is 3.74. The quantitative estimate of drug-likeness (QED) is 0.659. The normalized spacial score (nSPS) is 38.2. The van der Waals surface area contributed by atoms with Crippen molar-refractivity contribution < 1.29 is 4.74 Å². The second-order valence-corrected chi connectivity index (χ2v) is 5.41. The first kappa shape index (κ1) is 8.27. The van der Waals surface area contributed by atoms with Crippen molar-refractivity contribution in [3.05, 3.63) is 0 Å². The SMILES string of the molecule is C1CC(OC2CCSC2)CS1. The largest absolute Gasteiger partial charge is 0.373 e. The molecule has 0 aromatic carbocycles. The summed E-state index contributed by atoms with van der Waals surface area (Å²) < 4.78 is 5.93. The fourth-order valence-corrected chi connectivity index (χ4v) is 3.72. The maximum Gasteiger partial charge on any atom is 0.0677 e. The van der Waals surface area contributed by atoms with Crippen molar-refractivity contribution >= 4 is 23.5 Å². The average Bonchev–Trinajstić information content (AvgIpc) is 2.60. The summed E-state index contributed by atoms with van der Waals surface area (Å²) in [7, 11) is 0. The van der Waals surface area contributed by atoms with E-state index < -0.39 is 0 Å². The smallest absolute Gasteiger partial charge is 0.0677 e. The van der Waals surface area contributed by atoms with Gasteiger partial charge < -0.3 is 4.74 Å². The first-order valence-electron chi connectivity index (χ1n) is 4.26. The highest BCUT2D eigenvalue weighted by Crippen LogP contribution is 2.26. The Bertz CT molecular complexity index is 103. The topological polar surface area (TPSA) is 9.23 Å². The molecule has 0 aromatic heterocycles. The second-order valence-electron chi connectivity index (χ2n) is 3.11. The minimum absolute atomic E-state index is 0.587.